The summed E-state index contributed by atoms with van der Waals surface area (Å²) < 4.78 is 64.3. The van der Waals surface area contributed by atoms with Gasteiger partial charge in [-0.3, -0.25) is 4.79 Å². The van der Waals surface area contributed by atoms with Gasteiger partial charge in [-0.15, -0.1) is 12.4 Å². The van der Waals surface area contributed by atoms with Gasteiger partial charge in [0.05, 0.1) is 22.5 Å². The molecule has 0 aromatic heterocycles. The number of carbonyl (C=O) groups is 1. The lowest BCUT2D eigenvalue weighted by Crippen LogP contribution is -2.54. The number of carbonyl (C=O) groups excluding carboxylic acids is 1. The van der Waals surface area contributed by atoms with Gasteiger partial charge in [0.1, 0.15) is 0 Å². The molecule has 0 saturated heterocycles. The van der Waals surface area contributed by atoms with E-state index < -0.39 is 44.6 Å². The number of hydrogen-bond acceptors (Lipinski definition) is 4. The van der Waals surface area contributed by atoms with Gasteiger partial charge in [-0.2, -0.15) is 13.2 Å². The fraction of sp³-hybridized carbons (Fsp3) is 0.533. The number of alkyl halides is 3. The lowest BCUT2D eigenvalue weighted by Gasteiger charge is -2.28. The molecule has 1 fully saturated rings. The number of benzene rings is 1. The molecule has 1 aliphatic rings. The monoisotopic (exact) mass is 415 g/mol. The fourth-order valence-corrected chi connectivity index (χ4v) is 3.88. The van der Waals surface area contributed by atoms with Gasteiger partial charge in [-0.1, -0.05) is 18.9 Å². The molecule has 0 atom stereocenters. The number of hydrogen-bond donors (Lipinski definition) is 3. The summed E-state index contributed by atoms with van der Waals surface area (Å²) in [6.45, 7) is -0.320. The van der Waals surface area contributed by atoms with Crippen molar-refractivity contribution in [2.24, 2.45) is 5.73 Å². The second kappa shape index (κ2) is 8.55. The van der Waals surface area contributed by atoms with Gasteiger partial charge in [0.15, 0.2) is 0 Å². The molecule has 148 valence electrons. The van der Waals surface area contributed by atoms with Gasteiger partial charge < -0.3 is 11.1 Å². The maximum Gasteiger partial charge on any atom is 0.416 e. The molecule has 6 nitrogen and oxygen atoms in total. The van der Waals surface area contributed by atoms with Crippen molar-refractivity contribution in [1.29, 1.82) is 0 Å². The van der Waals surface area contributed by atoms with E-state index in [9.17, 15) is 26.4 Å². The zero-order valence-electron chi connectivity index (χ0n) is 13.8. The highest BCUT2D eigenvalue weighted by Crippen LogP contribution is 2.30. The summed E-state index contributed by atoms with van der Waals surface area (Å²) in [5.41, 5.74) is 4.08. The third kappa shape index (κ3) is 5.57. The fourth-order valence-electron chi connectivity index (χ4n) is 2.86. The summed E-state index contributed by atoms with van der Waals surface area (Å²) in [5, 5.41) is 2.73. The van der Waals surface area contributed by atoms with Crippen LogP contribution in [0.1, 0.15) is 31.2 Å². The van der Waals surface area contributed by atoms with E-state index in [0.29, 0.717) is 6.07 Å². The Bertz CT molecular complexity index is 735. The highest BCUT2D eigenvalue weighted by molar-refractivity contribution is 7.89. The van der Waals surface area contributed by atoms with Crippen molar-refractivity contribution < 1.29 is 26.4 Å². The van der Waals surface area contributed by atoms with E-state index >= 15 is 0 Å². The van der Waals surface area contributed by atoms with Crippen molar-refractivity contribution in [3.63, 3.8) is 0 Å². The molecular weight excluding hydrogens is 395 g/mol. The Labute approximate surface area is 156 Å². The Balaban J connectivity index is 0.00000338. The first kappa shape index (κ1) is 22.7. The molecule has 2 rings (SSSR count). The number of nitrogens with one attached hydrogen (secondary N) is 2. The van der Waals surface area contributed by atoms with Crippen LogP contribution >= 0.6 is 12.4 Å². The van der Waals surface area contributed by atoms with Crippen LogP contribution in [0.2, 0.25) is 0 Å². The van der Waals surface area contributed by atoms with E-state index in [1.54, 1.807) is 0 Å². The molecule has 26 heavy (non-hydrogen) atoms. The summed E-state index contributed by atoms with van der Waals surface area (Å²) in [6.07, 6.45) is -1.37. The smallest absolute Gasteiger partial charge is 0.348 e. The van der Waals surface area contributed by atoms with E-state index in [-0.39, 0.29) is 19.0 Å². The molecule has 4 N–H and O–H groups in total. The van der Waals surface area contributed by atoms with Crippen LogP contribution < -0.4 is 15.8 Å². The largest absolute Gasteiger partial charge is 0.416 e. The van der Waals surface area contributed by atoms with Crippen LogP contribution in [0.25, 0.3) is 0 Å². The molecule has 0 heterocycles. The minimum atomic E-state index is -4.65. The van der Waals surface area contributed by atoms with E-state index in [0.717, 1.165) is 43.9 Å². The zero-order chi connectivity index (χ0) is 18.7. The second-order valence-corrected chi connectivity index (χ2v) is 7.86. The maximum atomic E-state index is 12.7. The van der Waals surface area contributed by atoms with Gasteiger partial charge in [-0.25, -0.2) is 13.1 Å². The highest BCUT2D eigenvalue weighted by atomic mass is 35.5. The third-order valence-corrected chi connectivity index (χ3v) is 5.65. The Morgan fingerprint density at radius 2 is 1.85 bits per heavy atom. The lowest BCUT2D eigenvalue weighted by molar-refractivity contribution is -0.137. The second-order valence-electron chi connectivity index (χ2n) is 6.09. The predicted octanol–water partition coefficient (Wildman–Crippen LogP) is 1.79. The topological polar surface area (TPSA) is 101 Å². The van der Waals surface area contributed by atoms with Crippen LogP contribution in [0.4, 0.5) is 13.2 Å². The molecule has 1 aromatic rings. The van der Waals surface area contributed by atoms with Crippen LogP contribution in [-0.4, -0.2) is 33.0 Å². The minimum Gasteiger partial charge on any atom is -0.348 e. The van der Waals surface area contributed by atoms with Gasteiger partial charge >= 0.3 is 6.18 Å². The first-order valence-corrected chi connectivity index (χ1v) is 9.24. The number of rotatable bonds is 6. The van der Waals surface area contributed by atoms with Crippen molar-refractivity contribution in [1.82, 2.24) is 10.0 Å². The third-order valence-electron chi connectivity index (χ3n) is 4.25. The summed E-state index contributed by atoms with van der Waals surface area (Å²) in [6, 6.07) is 3.34. The number of halogens is 4. The molecule has 1 aliphatic carbocycles. The van der Waals surface area contributed by atoms with Crippen LogP contribution in [0.5, 0.6) is 0 Å². The van der Waals surface area contributed by atoms with Crippen molar-refractivity contribution in [2.75, 3.05) is 13.1 Å². The Morgan fingerprint density at radius 1 is 1.23 bits per heavy atom. The van der Waals surface area contributed by atoms with Crippen LogP contribution in [0.15, 0.2) is 29.2 Å². The van der Waals surface area contributed by atoms with Gasteiger partial charge in [0.25, 0.3) is 0 Å². The summed E-state index contributed by atoms with van der Waals surface area (Å²) >= 11 is 0. The molecule has 1 aromatic carbocycles. The molecule has 1 saturated carbocycles. The first-order valence-electron chi connectivity index (χ1n) is 7.76. The zero-order valence-corrected chi connectivity index (χ0v) is 15.4. The van der Waals surface area contributed by atoms with Crippen molar-refractivity contribution >= 4 is 28.3 Å². The summed E-state index contributed by atoms with van der Waals surface area (Å²) in [4.78, 5) is 11.4. The lowest BCUT2D eigenvalue weighted by atomic mass is 9.98. The predicted molar refractivity (Wildman–Crippen MR) is 92.3 cm³/mol. The molecule has 0 unspecified atom stereocenters. The quantitative estimate of drug-likeness (QED) is 0.659. The van der Waals surface area contributed by atoms with Crippen LogP contribution in [0.3, 0.4) is 0 Å². The highest BCUT2D eigenvalue weighted by Gasteiger charge is 2.34. The number of amides is 1. The molecule has 11 heteroatoms. The van der Waals surface area contributed by atoms with Crippen LogP contribution in [0, 0.1) is 0 Å². The average Bonchev–Trinajstić information content (AvgIpc) is 3.01. The number of sulfonamides is 1. The Morgan fingerprint density at radius 3 is 2.38 bits per heavy atom. The Kier molecular flexibility index (Phi) is 7.46. The molecule has 0 aliphatic heterocycles. The van der Waals surface area contributed by atoms with Gasteiger partial charge in [-0.05, 0) is 31.0 Å². The van der Waals surface area contributed by atoms with E-state index in [4.69, 9.17) is 5.73 Å². The SMILES string of the molecule is Cl.NCC1(NC(=O)CNS(=O)(=O)c2cccc(C(F)(F)F)c2)CCCC1. The first-order chi connectivity index (χ1) is 11.6. The summed E-state index contributed by atoms with van der Waals surface area (Å²) in [5.74, 6) is -0.567. The van der Waals surface area contributed by atoms with E-state index in [2.05, 4.69) is 5.32 Å². The maximum absolute atomic E-state index is 12.7. The van der Waals surface area contributed by atoms with Crippen molar-refractivity contribution in [3.05, 3.63) is 29.8 Å². The number of nitrogens with two attached hydrogens (primary N) is 1. The summed E-state index contributed by atoms with van der Waals surface area (Å²) in [7, 11) is -4.24. The normalized spacial score (nSPS) is 16.8. The molecule has 1 amide bonds. The van der Waals surface area contributed by atoms with Gasteiger partial charge in [0, 0.05) is 6.54 Å². The van der Waals surface area contributed by atoms with Crippen molar-refractivity contribution in [3.8, 4) is 0 Å². The van der Waals surface area contributed by atoms with Crippen molar-refractivity contribution in [2.45, 2.75) is 42.3 Å². The molecular formula is C15H21ClF3N3O3S. The van der Waals surface area contributed by atoms with Crippen LogP contribution in [-0.2, 0) is 21.0 Å². The standard InChI is InChI=1S/C15H20F3N3O3S.ClH/c16-15(17,18)11-4-3-5-12(8-11)25(23,24)20-9-13(22)21-14(10-19)6-1-2-7-14;/h3-5,8,20H,1-2,6-7,9-10,19H2,(H,21,22);1H. The minimum absolute atomic E-state index is 0. The van der Waals surface area contributed by atoms with E-state index in [1.165, 1.54) is 0 Å². The van der Waals surface area contributed by atoms with Gasteiger partial charge in [0.2, 0.25) is 15.9 Å². The molecule has 0 radical (unpaired) electrons. The molecule has 0 spiro atoms. The Hall–Kier alpha value is -1.36. The van der Waals surface area contributed by atoms with E-state index in [1.807, 2.05) is 4.72 Å². The average molecular weight is 416 g/mol. The molecule has 0 bridgehead atoms.